The van der Waals surface area contributed by atoms with Crippen molar-refractivity contribution in [2.45, 2.75) is 6.92 Å². The highest BCUT2D eigenvalue weighted by Gasteiger charge is 2.14. The Hall–Kier alpha value is -0.610. The summed E-state index contributed by atoms with van der Waals surface area (Å²) in [5.41, 5.74) is 0. The van der Waals surface area contributed by atoms with E-state index in [-0.39, 0.29) is 0 Å². The maximum Gasteiger partial charge on any atom is 0.224 e. The molecule has 0 N–H and O–H groups in total. The molecule has 1 saturated heterocycles. The summed E-state index contributed by atoms with van der Waals surface area (Å²) in [6.07, 6.45) is 0.866. The van der Waals surface area contributed by atoms with Gasteiger partial charge in [-0.15, -0.1) is 0 Å². The Morgan fingerprint density at radius 3 is 2.64 bits per heavy atom. The molecule has 1 rings (SSSR count). The van der Waals surface area contributed by atoms with Crippen LogP contribution >= 0.6 is 0 Å². The van der Waals surface area contributed by atoms with Gasteiger partial charge in [0.25, 0.3) is 0 Å². The maximum atomic E-state index is 10.5. The van der Waals surface area contributed by atoms with Gasteiger partial charge in [-0.2, -0.15) is 0 Å². The minimum absolute atomic E-state index is 0.727. The molecule has 0 unspecified atom stereocenters. The van der Waals surface area contributed by atoms with Crippen LogP contribution < -0.4 is 0 Å². The van der Waals surface area contributed by atoms with Gasteiger partial charge in [-0.1, -0.05) is 0 Å². The second-order valence-electron chi connectivity index (χ2n) is 2.43. The Morgan fingerprint density at radius 1 is 1.55 bits per heavy atom. The number of hydrazine groups is 1. The monoisotopic (exact) mass is 158 g/mol. The molecule has 0 aromatic carbocycles. The Labute approximate surface area is 66.7 Å². The Kier molecular flexibility index (Phi) is 3.32. The molecule has 0 spiro atoms. The third-order valence-electron chi connectivity index (χ3n) is 1.80. The zero-order chi connectivity index (χ0) is 8.10. The van der Waals surface area contributed by atoms with Gasteiger partial charge in [0.05, 0.1) is 13.2 Å². The van der Waals surface area contributed by atoms with Crippen LogP contribution in [-0.2, 0) is 9.53 Å². The summed E-state index contributed by atoms with van der Waals surface area (Å²) < 4.78 is 5.15. The lowest BCUT2D eigenvalue weighted by Crippen LogP contribution is -2.47. The standard InChI is InChI=1S/C7H14N2O2/c1-2-8(7-10)9-3-5-11-6-4-9/h7H,2-6H2,1H3. The fourth-order valence-corrected chi connectivity index (χ4v) is 1.15. The molecule has 0 aromatic rings. The summed E-state index contributed by atoms with van der Waals surface area (Å²) in [6, 6.07) is 0. The van der Waals surface area contributed by atoms with Gasteiger partial charge in [0.1, 0.15) is 0 Å². The molecule has 0 aliphatic carbocycles. The van der Waals surface area contributed by atoms with E-state index in [9.17, 15) is 4.79 Å². The predicted molar refractivity (Wildman–Crippen MR) is 40.8 cm³/mol. The summed E-state index contributed by atoms with van der Waals surface area (Å²) in [7, 11) is 0. The van der Waals surface area contributed by atoms with Crippen LogP contribution in [0.4, 0.5) is 0 Å². The van der Waals surface area contributed by atoms with Crippen molar-refractivity contribution in [3.05, 3.63) is 0 Å². The minimum Gasteiger partial charge on any atom is -0.379 e. The predicted octanol–water partition coefficient (Wildman–Crippen LogP) is -0.288. The van der Waals surface area contributed by atoms with Crippen molar-refractivity contribution in [2.24, 2.45) is 0 Å². The number of morpholine rings is 1. The quantitative estimate of drug-likeness (QED) is 0.529. The molecule has 4 heteroatoms. The highest BCUT2D eigenvalue weighted by atomic mass is 16.5. The third-order valence-corrected chi connectivity index (χ3v) is 1.80. The molecule has 1 amide bonds. The lowest BCUT2D eigenvalue weighted by molar-refractivity contribution is -0.142. The maximum absolute atomic E-state index is 10.5. The Balaban J connectivity index is 2.35. The lowest BCUT2D eigenvalue weighted by Gasteiger charge is -2.33. The highest BCUT2D eigenvalue weighted by molar-refractivity contribution is 5.45. The van der Waals surface area contributed by atoms with Gasteiger partial charge in [0.15, 0.2) is 0 Å². The third kappa shape index (κ3) is 2.17. The molecule has 0 aromatic heterocycles. The van der Waals surface area contributed by atoms with E-state index in [2.05, 4.69) is 0 Å². The van der Waals surface area contributed by atoms with Crippen molar-refractivity contribution in [1.82, 2.24) is 10.0 Å². The Bertz CT molecular complexity index is 124. The fourth-order valence-electron chi connectivity index (χ4n) is 1.15. The van der Waals surface area contributed by atoms with E-state index in [4.69, 9.17) is 4.74 Å². The van der Waals surface area contributed by atoms with Crippen LogP contribution in [0.3, 0.4) is 0 Å². The second kappa shape index (κ2) is 4.31. The summed E-state index contributed by atoms with van der Waals surface area (Å²) >= 11 is 0. The molecule has 4 nitrogen and oxygen atoms in total. The van der Waals surface area contributed by atoms with Crippen LogP contribution in [0.25, 0.3) is 0 Å². The first-order chi connectivity index (χ1) is 5.38. The average molecular weight is 158 g/mol. The van der Waals surface area contributed by atoms with E-state index in [0.29, 0.717) is 0 Å². The van der Waals surface area contributed by atoms with Gasteiger partial charge < -0.3 is 4.74 Å². The molecule has 0 radical (unpaired) electrons. The van der Waals surface area contributed by atoms with E-state index < -0.39 is 0 Å². The molecule has 1 heterocycles. The van der Waals surface area contributed by atoms with Crippen LogP contribution in [0.2, 0.25) is 0 Å². The largest absolute Gasteiger partial charge is 0.379 e. The molecule has 0 bridgehead atoms. The number of hydrogen-bond donors (Lipinski definition) is 0. The van der Waals surface area contributed by atoms with Crippen molar-refractivity contribution >= 4 is 6.41 Å². The zero-order valence-corrected chi connectivity index (χ0v) is 6.82. The van der Waals surface area contributed by atoms with Gasteiger partial charge in [-0.3, -0.25) is 9.80 Å². The summed E-state index contributed by atoms with van der Waals surface area (Å²) in [5.74, 6) is 0. The molecule has 64 valence electrons. The normalized spacial score (nSPS) is 19.7. The number of rotatable bonds is 3. The Morgan fingerprint density at radius 2 is 2.18 bits per heavy atom. The van der Waals surface area contributed by atoms with Crippen LogP contribution in [0.1, 0.15) is 6.92 Å². The van der Waals surface area contributed by atoms with Crippen LogP contribution in [0.5, 0.6) is 0 Å². The first kappa shape index (κ1) is 8.49. The topological polar surface area (TPSA) is 32.8 Å². The number of nitrogens with zero attached hydrogens (tertiary/aromatic N) is 2. The van der Waals surface area contributed by atoms with Crippen molar-refractivity contribution < 1.29 is 9.53 Å². The van der Waals surface area contributed by atoms with E-state index in [1.807, 2.05) is 11.9 Å². The van der Waals surface area contributed by atoms with Gasteiger partial charge in [0.2, 0.25) is 6.41 Å². The van der Waals surface area contributed by atoms with Crippen LogP contribution in [0.15, 0.2) is 0 Å². The molecule has 11 heavy (non-hydrogen) atoms. The molecular weight excluding hydrogens is 144 g/mol. The first-order valence-corrected chi connectivity index (χ1v) is 3.93. The number of amides is 1. The van der Waals surface area contributed by atoms with E-state index in [1.54, 1.807) is 5.01 Å². The van der Waals surface area contributed by atoms with E-state index in [0.717, 1.165) is 39.3 Å². The summed E-state index contributed by atoms with van der Waals surface area (Å²) in [5, 5.41) is 3.69. The lowest BCUT2D eigenvalue weighted by atomic mass is 10.5. The van der Waals surface area contributed by atoms with Crippen molar-refractivity contribution in [1.29, 1.82) is 0 Å². The molecule has 1 aliphatic heterocycles. The first-order valence-electron chi connectivity index (χ1n) is 3.93. The molecule has 0 atom stereocenters. The van der Waals surface area contributed by atoms with Gasteiger partial charge in [-0.05, 0) is 6.92 Å². The SMILES string of the molecule is CCN(C=O)N1CCOCC1. The fraction of sp³-hybridized carbons (Fsp3) is 0.857. The van der Waals surface area contributed by atoms with E-state index >= 15 is 0 Å². The van der Waals surface area contributed by atoms with Crippen molar-refractivity contribution in [2.75, 3.05) is 32.8 Å². The van der Waals surface area contributed by atoms with Gasteiger partial charge in [0, 0.05) is 19.6 Å². The van der Waals surface area contributed by atoms with Gasteiger partial charge >= 0.3 is 0 Å². The molecule has 1 fully saturated rings. The zero-order valence-electron chi connectivity index (χ0n) is 6.82. The number of carbonyl (C=O) groups is 1. The van der Waals surface area contributed by atoms with E-state index in [1.165, 1.54) is 0 Å². The highest BCUT2D eigenvalue weighted by Crippen LogP contribution is 1.99. The van der Waals surface area contributed by atoms with Crippen LogP contribution in [-0.4, -0.2) is 49.3 Å². The second-order valence-corrected chi connectivity index (χ2v) is 2.43. The van der Waals surface area contributed by atoms with Crippen molar-refractivity contribution in [3.63, 3.8) is 0 Å². The van der Waals surface area contributed by atoms with Crippen molar-refractivity contribution in [3.8, 4) is 0 Å². The molecular formula is C7H14N2O2. The molecule has 1 aliphatic rings. The molecule has 0 saturated carbocycles. The summed E-state index contributed by atoms with van der Waals surface area (Å²) in [6.45, 7) is 5.81. The number of hydrogen-bond acceptors (Lipinski definition) is 3. The minimum atomic E-state index is 0.727. The van der Waals surface area contributed by atoms with Gasteiger partial charge in [-0.25, -0.2) is 5.01 Å². The number of carbonyl (C=O) groups excluding carboxylic acids is 1. The van der Waals surface area contributed by atoms with Crippen LogP contribution in [0, 0.1) is 0 Å². The number of ether oxygens (including phenoxy) is 1. The smallest absolute Gasteiger partial charge is 0.224 e. The summed E-state index contributed by atoms with van der Waals surface area (Å²) in [4.78, 5) is 10.5. The average Bonchev–Trinajstić information content (AvgIpc) is 2.09.